The van der Waals surface area contributed by atoms with Gasteiger partial charge in [0.25, 0.3) is 0 Å². The number of aliphatic hydroxyl groups is 1. The molecule has 22 heavy (non-hydrogen) atoms. The van der Waals surface area contributed by atoms with Crippen LogP contribution in [-0.4, -0.2) is 24.7 Å². The molecule has 2 rings (SSSR count). The van der Waals surface area contributed by atoms with Gasteiger partial charge in [0.1, 0.15) is 0 Å². The van der Waals surface area contributed by atoms with E-state index in [1.165, 1.54) is 7.11 Å². The second kappa shape index (κ2) is 8.30. The monoisotopic (exact) mass is 305 g/mol. The van der Waals surface area contributed by atoms with Crippen LogP contribution in [0.4, 0.5) is 0 Å². The third-order valence-corrected chi connectivity index (χ3v) is 4.84. The summed E-state index contributed by atoms with van der Waals surface area (Å²) in [7, 11) is 1.40. The minimum atomic E-state index is -0.395. The molecule has 122 valence electrons. The molecule has 4 nitrogen and oxygen atoms in total. The van der Waals surface area contributed by atoms with Gasteiger partial charge >= 0.3 is 5.97 Å². The van der Waals surface area contributed by atoms with Gasteiger partial charge in [-0.1, -0.05) is 24.3 Å². The van der Waals surface area contributed by atoms with Crippen LogP contribution in [0.25, 0.3) is 0 Å². The van der Waals surface area contributed by atoms with E-state index in [1.807, 2.05) is 24.3 Å². The fourth-order valence-electron chi connectivity index (χ4n) is 3.24. The van der Waals surface area contributed by atoms with Crippen LogP contribution in [0.5, 0.6) is 0 Å². The second-order valence-corrected chi connectivity index (χ2v) is 6.28. The number of methoxy groups -OCH3 is 1. The Hall–Kier alpha value is -1.39. The Bertz CT molecular complexity index is 464. The van der Waals surface area contributed by atoms with Crippen LogP contribution in [-0.2, 0) is 16.0 Å². The lowest BCUT2D eigenvalue weighted by molar-refractivity contribution is -0.140. The van der Waals surface area contributed by atoms with Crippen molar-refractivity contribution >= 4 is 5.97 Å². The van der Waals surface area contributed by atoms with Gasteiger partial charge in [0.15, 0.2) is 0 Å². The fraction of sp³-hybridized carbons (Fsp3) is 0.611. The molecule has 1 aliphatic rings. The van der Waals surface area contributed by atoms with Gasteiger partial charge in [0.05, 0.1) is 13.2 Å². The highest BCUT2D eigenvalue weighted by molar-refractivity contribution is 5.69. The molecule has 4 heteroatoms. The lowest BCUT2D eigenvalue weighted by Crippen LogP contribution is -2.24. The smallest absolute Gasteiger partial charge is 0.305 e. The molecule has 3 N–H and O–H groups in total. The zero-order valence-electron chi connectivity index (χ0n) is 13.3. The summed E-state index contributed by atoms with van der Waals surface area (Å²) < 4.78 is 4.64. The van der Waals surface area contributed by atoms with Gasteiger partial charge in [-0.15, -0.1) is 0 Å². The summed E-state index contributed by atoms with van der Waals surface area (Å²) in [4.78, 5) is 11.1. The molecule has 0 bridgehead atoms. The van der Waals surface area contributed by atoms with Crippen molar-refractivity contribution < 1.29 is 14.6 Å². The lowest BCUT2D eigenvalue weighted by Gasteiger charge is -2.31. The van der Waals surface area contributed by atoms with Gasteiger partial charge in [-0.2, -0.15) is 0 Å². The van der Waals surface area contributed by atoms with E-state index in [1.54, 1.807) is 0 Å². The Morgan fingerprint density at radius 2 is 1.91 bits per heavy atom. The highest BCUT2D eigenvalue weighted by Crippen LogP contribution is 2.36. The predicted molar refractivity (Wildman–Crippen MR) is 86.2 cm³/mol. The van der Waals surface area contributed by atoms with Crippen molar-refractivity contribution in [1.82, 2.24) is 0 Å². The number of hydrogen-bond donors (Lipinski definition) is 2. The molecule has 0 heterocycles. The predicted octanol–water partition coefficient (Wildman–Crippen LogP) is 2.59. The summed E-state index contributed by atoms with van der Waals surface area (Å²) in [6, 6.07) is 7.94. The summed E-state index contributed by atoms with van der Waals surface area (Å²) >= 11 is 0. The number of esters is 1. The number of carbonyl (C=O) groups excluding carboxylic acids is 1. The molecular formula is C18H27NO3. The van der Waals surface area contributed by atoms with Gasteiger partial charge in [-0.25, -0.2) is 0 Å². The SMILES string of the molecule is COC(=O)CCc1ccc(C(O)[C@H]2CC[C@H](CN)CC2)cc1. The number of nitrogens with two attached hydrogens (primary N) is 1. The third kappa shape index (κ3) is 4.55. The summed E-state index contributed by atoms with van der Waals surface area (Å²) in [5.41, 5.74) is 7.78. The number of aryl methyl sites for hydroxylation is 1. The van der Waals surface area contributed by atoms with Crippen molar-refractivity contribution in [3.63, 3.8) is 0 Å². The second-order valence-electron chi connectivity index (χ2n) is 6.28. The van der Waals surface area contributed by atoms with Crippen molar-refractivity contribution in [3.05, 3.63) is 35.4 Å². The van der Waals surface area contributed by atoms with Crippen LogP contribution >= 0.6 is 0 Å². The van der Waals surface area contributed by atoms with E-state index in [4.69, 9.17) is 5.73 Å². The van der Waals surface area contributed by atoms with Gasteiger partial charge < -0.3 is 15.6 Å². The molecule has 0 spiro atoms. The number of rotatable bonds is 6. The molecule has 1 saturated carbocycles. The number of ether oxygens (including phenoxy) is 1. The van der Waals surface area contributed by atoms with E-state index in [9.17, 15) is 9.90 Å². The van der Waals surface area contributed by atoms with Gasteiger partial charge in [0.2, 0.25) is 0 Å². The zero-order chi connectivity index (χ0) is 15.9. The Morgan fingerprint density at radius 1 is 1.27 bits per heavy atom. The van der Waals surface area contributed by atoms with Crippen molar-refractivity contribution in [2.45, 2.75) is 44.6 Å². The molecule has 1 unspecified atom stereocenters. The molecule has 1 aliphatic carbocycles. The Morgan fingerprint density at radius 3 is 2.45 bits per heavy atom. The van der Waals surface area contributed by atoms with Crippen LogP contribution in [0.3, 0.4) is 0 Å². The standard InChI is InChI=1S/C18H27NO3/c1-22-17(20)11-6-13-2-7-15(8-3-13)18(21)16-9-4-14(12-19)5-10-16/h2-3,7-8,14,16,18,21H,4-6,9-12,19H2,1H3/t14-,16-,18?. The van der Waals surface area contributed by atoms with Crippen LogP contribution in [0, 0.1) is 11.8 Å². The van der Waals surface area contributed by atoms with Crippen LogP contribution in [0.15, 0.2) is 24.3 Å². The number of benzene rings is 1. The van der Waals surface area contributed by atoms with Gasteiger partial charge in [-0.3, -0.25) is 4.79 Å². The van der Waals surface area contributed by atoms with E-state index in [2.05, 4.69) is 4.74 Å². The minimum absolute atomic E-state index is 0.194. The maximum absolute atomic E-state index is 11.1. The average Bonchev–Trinajstić information content (AvgIpc) is 2.59. The van der Waals surface area contributed by atoms with Crippen molar-refractivity contribution in [2.24, 2.45) is 17.6 Å². The number of hydrogen-bond acceptors (Lipinski definition) is 4. The largest absolute Gasteiger partial charge is 0.469 e. The minimum Gasteiger partial charge on any atom is -0.469 e. The summed E-state index contributed by atoms with van der Waals surface area (Å²) in [6.45, 7) is 0.762. The average molecular weight is 305 g/mol. The topological polar surface area (TPSA) is 72.5 Å². The summed E-state index contributed by atoms with van der Waals surface area (Å²) in [5.74, 6) is 0.772. The van der Waals surface area contributed by atoms with Crippen molar-refractivity contribution in [1.29, 1.82) is 0 Å². The first kappa shape index (κ1) is 17.0. The van der Waals surface area contributed by atoms with E-state index < -0.39 is 6.10 Å². The van der Waals surface area contributed by atoms with Gasteiger partial charge in [-0.05, 0) is 61.6 Å². The first-order valence-corrected chi connectivity index (χ1v) is 8.17. The van der Waals surface area contributed by atoms with Crippen LogP contribution < -0.4 is 5.73 Å². The van der Waals surface area contributed by atoms with Crippen LogP contribution in [0.2, 0.25) is 0 Å². The molecule has 1 fully saturated rings. The van der Waals surface area contributed by atoms with E-state index in [0.29, 0.717) is 24.7 Å². The first-order chi connectivity index (χ1) is 10.6. The normalized spacial score (nSPS) is 23.0. The Labute approximate surface area is 132 Å². The van der Waals surface area contributed by atoms with E-state index in [0.717, 1.165) is 43.4 Å². The molecule has 0 amide bonds. The fourth-order valence-corrected chi connectivity index (χ4v) is 3.24. The molecule has 1 aromatic rings. The summed E-state index contributed by atoms with van der Waals surface area (Å²) in [6.07, 6.45) is 5.01. The van der Waals surface area contributed by atoms with Crippen LogP contribution in [0.1, 0.15) is 49.3 Å². The Kier molecular flexibility index (Phi) is 6.40. The highest BCUT2D eigenvalue weighted by atomic mass is 16.5. The molecule has 0 radical (unpaired) electrons. The molecule has 0 aromatic heterocycles. The third-order valence-electron chi connectivity index (χ3n) is 4.84. The first-order valence-electron chi connectivity index (χ1n) is 8.17. The Balaban J connectivity index is 1.88. The quantitative estimate of drug-likeness (QED) is 0.792. The maximum atomic E-state index is 11.1. The number of carbonyl (C=O) groups is 1. The molecule has 0 saturated heterocycles. The van der Waals surface area contributed by atoms with Crippen molar-refractivity contribution in [2.75, 3.05) is 13.7 Å². The molecule has 1 atom stereocenters. The molecule has 0 aliphatic heterocycles. The van der Waals surface area contributed by atoms with E-state index >= 15 is 0 Å². The highest BCUT2D eigenvalue weighted by Gasteiger charge is 2.26. The van der Waals surface area contributed by atoms with Gasteiger partial charge in [0, 0.05) is 6.42 Å². The molecule has 1 aromatic carbocycles. The lowest BCUT2D eigenvalue weighted by atomic mass is 9.78. The zero-order valence-corrected chi connectivity index (χ0v) is 13.3. The number of aliphatic hydroxyl groups excluding tert-OH is 1. The molecular weight excluding hydrogens is 278 g/mol. The maximum Gasteiger partial charge on any atom is 0.305 e. The summed E-state index contributed by atoms with van der Waals surface area (Å²) in [5, 5.41) is 10.5. The van der Waals surface area contributed by atoms with Crippen molar-refractivity contribution in [3.8, 4) is 0 Å². The van der Waals surface area contributed by atoms with E-state index in [-0.39, 0.29) is 5.97 Å².